The van der Waals surface area contributed by atoms with Crippen molar-refractivity contribution in [3.05, 3.63) is 0 Å². The predicted octanol–water partition coefficient (Wildman–Crippen LogP) is 1.89. The van der Waals surface area contributed by atoms with E-state index >= 15 is 0 Å². The van der Waals surface area contributed by atoms with Crippen LogP contribution in [0.25, 0.3) is 0 Å². The summed E-state index contributed by atoms with van der Waals surface area (Å²) >= 11 is 0. The highest BCUT2D eigenvalue weighted by atomic mass is 16.2. The zero-order chi connectivity index (χ0) is 13.8. The monoisotopic (exact) mass is 254 g/mol. The molecule has 0 aliphatic carbocycles. The number of carbonyl (C=O) groups excluding carboxylic acids is 2. The number of hydrogen-bond donors (Lipinski definition) is 0. The summed E-state index contributed by atoms with van der Waals surface area (Å²) in [6, 6.07) is 0. The molecule has 0 spiro atoms. The third kappa shape index (κ3) is 4.31. The van der Waals surface area contributed by atoms with E-state index in [-0.39, 0.29) is 17.2 Å². The number of hydrogen-bond acceptors (Lipinski definition) is 2. The van der Waals surface area contributed by atoms with Crippen LogP contribution in [0.3, 0.4) is 0 Å². The Bertz CT molecular complexity index is 305. The SMILES string of the molecule is CCC(C)(C)CCC(=O)N1CCN(C(C)=O)CC1. The smallest absolute Gasteiger partial charge is 0.222 e. The fourth-order valence-corrected chi connectivity index (χ4v) is 2.05. The molecule has 1 aliphatic heterocycles. The van der Waals surface area contributed by atoms with Crippen molar-refractivity contribution in [2.24, 2.45) is 5.41 Å². The van der Waals surface area contributed by atoms with Gasteiger partial charge in [0.05, 0.1) is 0 Å². The van der Waals surface area contributed by atoms with Crippen LogP contribution >= 0.6 is 0 Å². The van der Waals surface area contributed by atoms with Crippen LogP contribution in [-0.2, 0) is 9.59 Å². The average Bonchev–Trinajstić information content (AvgIpc) is 2.36. The van der Waals surface area contributed by atoms with Gasteiger partial charge in [-0.1, -0.05) is 27.2 Å². The lowest BCUT2D eigenvalue weighted by atomic mass is 9.85. The van der Waals surface area contributed by atoms with Crippen molar-refractivity contribution in [2.45, 2.75) is 47.0 Å². The summed E-state index contributed by atoms with van der Waals surface area (Å²) in [6.07, 6.45) is 2.66. The average molecular weight is 254 g/mol. The number of carbonyl (C=O) groups is 2. The van der Waals surface area contributed by atoms with E-state index in [1.807, 2.05) is 4.90 Å². The van der Waals surface area contributed by atoms with Gasteiger partial charge in [0.1, 0.15) is 0 Å². The quantitative estimate of drug-likeness (QED) is 0.768. The molecule has 0 N–H and O–H groups in total. The molecule has 0 atom stereocenters. The van der Waals surface area contributed by atoms with Gasteiger partial charge < -0.3 is 9.80 Å². The summed E-state index contributed by atoms with van der Waals surface area (Å²) < 4.78 is 0. The van der Waals surface area contributed by atoms with E-state index in [2.05, 4.69) is 20.8 Å². The molecule has 4 nitrogen and oxygen atoms in total. The highest BCUT2D eigenvalue weighted by Gasteiger charge is 2.24. The van der Waals surface area contributed by atoms with Gasteiger partial charge in [0, 0.05) is 39.5 Å². The van der Waals surface area contributed by atoms with E-state index < -0.39 is 0 Å². The molecule has 4 heteroatoms. The number of nitrogens with zero attached hydrogens (tertiary/aromatic N) is 2. The lowest BCUT2D eigenvalue weighted by molar-refractivity contribution is -0.138. The summed E-state index contributed by atoms with van der Waals surface area (Å²) in [7, 11) is 0. The lowest BCUT2D eigenvalue weighted by Crippen LogP contribution is -2.50. The van der Waals surface area contributed by atoms with Crippen molar-refractivity contribution in [3.63, 3.8) is 0 Å². The molecule has 0 unspecified atom stereocenters. The van der Waals surface area contributed by atoms with E-state index in [0.717, 1.165) is 12.8 Å². The van der Waals surface area contributed by atoms with Crippen LogP contribution in [0.2, 0.25) is 0 Å². The number of rotatable bonds is 4. The Hall–Kier alpha value is -1.06. The molecule has 1 fully saturated rings. The molecule has 1 saturated heterocycles. The molecular weight excluding hydrogens is 228 g/mol. The molecule has 1 rings (SSSR count). The van der Waals surface area contributed by atoms with Gasteiger partial charge in [-0.25, -0.2) is 0 Å². The topological polar surface area (TPSA) is 40.6 Å². The Kier molecular flexibility index (Phi) is 5.17. The summed E-state index contributed by atoms with van der Waals surface area (Å²) in [5.74, 6) is 0.342. The van der Waals surface area contributed by atoms with Gasteiger partial charge >= 0.3 is 0 Å². The molecule has 0 bridgehead atoms. The molecule has 0 aromatic rings. The zero-order valence-corrected chi connectivity index (χ0v) is 12.2. The second-order valence-corrected chi connectivity index (χ2v) is 5.90. The minimum Gasteiger partial charge on any atom is -0.339 e. The van der Waals surface area contributed by atoms with Crippen molar-refractivity contribution in [1.82, 2.24) is 9.80 Å². The predicted molar refractivity (Wildman–Crippen MR) is 72.1 cm³/mol. The maximum atomic E-state index is 12.1. The van der Waals surface area contributed by atoms with Crippen molar-refractivity contribution in [3.8, 4) is 0 Å². The van der Waals surface area contributed by atoms with E-state index in [0.29, 0.717) is 32.6 Å². The van der Waals surface area contributed by atoms with Crippen molar-refractivity contribution in [1.29, 1.82) is 0 Å². The van der Waals surface area contributed by atoms with E-state index in [9.17, 15) is 9.59 Å². The summed E-state index contributed by atoms with van der Waals surface area (Å²) in [6.45, 7) is 10.9. The van der Waals surface area contributed by atoms with E-state index in [1.54, 1.807) is 11.8 Å². The van der Waals surface area contributed by atoms with Gasteiger partial charge in [0.15, 0.2) is 0 Å². The van der Waals surface area contributed by atoms with Gasteiger partial charge in [-0.2, -0.15) is 0 Å². The minimum atomic E-state index is 0.106. The van der Waals surface area contributed by atoms with Gasteiger partial charge in [0.2, 0.25) is 11.8 Å². The summed E-state index contributed by atoms with van der Waals surface area (Å²) in [4.78, 5) is 27.0. The minimum absolute atomic E-state index is 0.106. The second kappa shape index (κ2) is 6.21. The fourth-order valence-electron chi connectivity index (χ4n) is 2.05. The van der Waals surface area contributed by atoms with Crippen LogP contribution in [0.1, 0.15) is 47.0 Å². The first-order chi connectivity index (χ1) is 8.35. The van der Waals surface area contributed by atoms with Gasteiger partial charge in [-0.15, -0.1) is 0 Å². The first kappa shape index (κ1) is 15.0. The van der Waals surface area contributed by atoms with E-state index in [1.165, 1.54) is 0 Å². The van der Waals surface area contributed by atoms with Crippen LogP contribution in [0.4, 0.5) is 0 Å². The molecule has 18 heavy (non-hydrogen) atoms. The molecule has 1 heterocycles. The Balaban J connectivity index is 2.34. The number of piperazine rings is 1. The molecule has 2 amide bonds. The van der Waals surface area contributed by atoms with Crippen molar-refractivity contribution >= 4 is 11.8 Å². The van der Waals surface area contributed by atoms with Gasteiger partial charge in [0.25, 0.3) is 0 Å². The van der Waals surface area contributed by atoms with Gasteiger partial charge in [-0.05, 0) is 11.8 Å². The van der Waals surface area contributed by atoms with Crippen LogP contribution in [0.5, 0.6) is 0 Å². The van der Waals surface area contributed by atoms with Crippen LogP contribution in [0, 0.1) is 5.41 Å². The normalized spacial score (nSPS) is 16.9. The molecule has 1 aliphatic rings. The molecular formula is C14H26N2O2. The maximum absolute atomic E-state index is 12.1. The third-order valence-electron chi connectivity index (χ3n) is 4.05. The molecule has 0 aromatic carbocycles. The first-order valence-electron chi connectivity index (χ1n) is 6.89. The Morgan fingerprint density at radius 3 is 2.00 bits per heavy atom. The van der Waals surface area contributed by atoms with Crippen molar-refractivity contribution in [2.75, 3.05) is 26.2 Å². The Morgan fingerprint density at radius 1 is 1.06 bits per heavy atom. The van der Waals surface area contributed by atoms with Crippen LogP contribution < -0.4 is 0 Å². The fraction of sp³-hybridized carbons (Fsp3) is 0.857. The lowest BCUT2D eigenvalue weighted by Gasteiger charge is -2.35. The Labute approximate surface area is 110 Å². The van der Waals surface area contributed by atoms with Crippen LogP contribution in [0.15, 0.2) is 0 Å². The second-order valence-electron chi connectivity index (χ2n) is 5.90. The third-order valence-corrected chi connectivity index (χ3v) is 4.05. The molecule has 0 radical (unpaired) electrons. The number of amides is 2. The van der Waals surface area contributed by atoms with Crippen molar-refractivity contribution < 1.29 is 9.59 Å². The highest BCUT2D eigenvalue weighted by Crippen LogP contribution is 2.26. The zero-order valence-electron chi connectivity index (χ0n) is 12.2. The largest absolute Gasteiger partial charge is 0.339 e. The standard InChI is InChI=1S/C14H26N2O2/c1-5-14(3,4)7-6-13(18)16-10-8-15(9-11-16)12(2)17/h5-11H2,1-4H3. The Morgan fingerprint density at radius 2 is 1.56 bits per heavy atom. The summed E-state index contributed by atoms with van der Waals surface area (Å²) in [5.41, 5.74) is 0.247. The van der Waals surface area contributed by atoms with E-state index in [4.69, 9.17) is 0 Å². The molecule has 104 valence electrons. The van der Waals surface area contributed by atoms with Crippen LogP contribution in [-0.4, -0.2) is 47.8 Å². The maximum Gasteiger partial charge on any atom is 0.222 e. The molecule has 0 saturated carbocycles. The highest BCUT2D eigenvalue weighted by molar-refractivity contribution is 5.77. The first-order valence-corrected chi connectivity index (χ1v) is 6.89. The molecule has 0 aromatic heterocycles. The van der Waals surface area contributed by atoms with Gasteiger partial charge in [-0.3, -0.25) is 9.59 Å². The summed E-state index contributed by atoms with van der Waals surface area (Å²) in [5, 5.41) is 0.